The van der Waals surface area contributed by atoms with Crippen molar-refractivity contribution in [3.63, 3.8) is 0 Å². The zero-order chi connectivity index (χ0) is 10.4. The first kappa shape index (κ1) is 14.7. The summed E-state index contributed by atoms with van der Waals surface area (Å²) in [4.78, 5) is 13.4. The second kappa shape index (κ2) is 7.91. The molecule has 2 N–H and O–H groups in total. The predicted molar refractivity (Wildman–Crippen MR) is 62.1 cm³/mol. The summed E-state index contributed by atoms with van der Waals surface area (Å²) < 4.78 is 4.84. The van der Waals surface area contributed by atoms with Gasteiger partial charge in [-0.2, -0.15) is 0 Å². The molecule has 5 heteroatoms. The molecule has 1 atom stereocenters. The molecule has 1 fully saturated rings. The number of hydrogen-bond donors (Lipinski definition) is 1. The summed E-state index contributed by atoms with van der Waals surface area (Å²) in [6.45, 7) is 2.66. The maximum atomic E-state index is 11.5. The van der Waals surface area contributed by atoms with Crippen LogP contribution in [0.1, 0.15) is 19.3 Å². The first-order chi connectivity index (χ1) is 6.77. The Morgan fingerprint density at radius 1 is 1.60 bits per heavy atom. The zero-order valence-corrected chi connectivity index (χ0v) is 10.1. The number of carbonyl (C=O) groups is 1. The van der Waals surface area contributed by atoms with Crippen molar-refractivity contribution in [1.82, 2.24) is 4.90 Å². The molecule has 15 heavy (non-hydrogen) atoms. The number of likely N-dealkylation sites (tertiary alicyclic amines) is 1. The number of amides is 1. The van der Waals surface area contributed by atoms with Gasteiger partial charge in [-0.25, -0.2) is 0 Å². The Balaban J connectivity index is 0.00000196. The maximum absolute atomic E-state index is 11.5. The Kier molecular flexibility index (Phi) is 7.74. The highest BCUT2D eigenvalue weighted by Crippen LogP contribution is 2.18. The molecule has 1 rings (SSSR count). The molecular formula is C10H21ClN2O2. The largest absolute Gasteiger partial charge is 0.375 e. The highest BCUT2D eigenvalue weighted by Gasteiger charge is 2.22. The summed E-state index contributed by atoms with van der Waals surface area (Å²) in [5.41, 5.74) is 5.51. The molecule has 0 aromatic rings. The highest BCUT2D eigenvalue weighted by atomic mass is 35.5. The van der Waals surface area contributed by atoms with Gasteiger partial charge in [0.15, 0.2) is 0 Å². The molecule has 0 aromatic carbocycles. The van der Waals surface area contributed by atoms with E-state index in [2.05, 4.69) is 0 Å². The summed E-state index contributed by atoms with van der Waals surface area (Å²) in [7, 11) is 1.55. The topological polar surface area (TPSA) is 55.6 Å². The lowest BCUT2D eigenvalue weighted by Gasteiger charge is -2.32. The number of methoxy groups -OCH3 is 1. The molecule has 1 aliphatic rings. The van der Waals surface area contributed by atoms with Crippen LogP contribution in [0, 0.1) is 5.92 Å². The van der Waals surface area contributed by atoms with Crippen LogP contribution >= 0.6 is 12.4 Å². The average molecular weight is 237 g/mol. The molecule has 0 radical (unpaired) electrons. The SMILES string of the molecule is COCC(=O)N1CCCC(CCN)C1.Cl. The van der Waals surface area contributed by atoms with Crippen LogP contribution in [0.4, 0.5) is 0 Å². The minimum Gasteiger partial charge on any atom is -0.375 e. The van der Waals surface area contributed by atoms with E-state index in [0.29, 0.717) is 5.92 Å². The number of hydrogen-bond acceptors (Lipinski definition) is 3. The van der Waals surface area contributed by atoms with E-state index in [9.17, 15) is 4.79 Å². The Morgan fingerprint density at radius 3 is 2.93 bits per heavy atom. The third-order valence-electron chi connectivity index (χ3n) is 2.71. The van der Waals surface area contributed by atoms with Gasteiger partial charge in [0, 0.05) is 20.2 Å². The van der Waals surface area contributed by atoms with E-state index in [-0.39, 0.29) is 24.9 Å². The molecule has 0 saturated carbocycles. The van der Waals surface area contributed by atoms with Gasteiger partial charge in [-0.1, -0.05) is 0 Å². The number of rotatable bonds is 4. The van der Waals surface area contributed by atoms with Crippen molar-refractivity contribution < 1.29 is 9.53 Å². The molecule has 0 aliphatic carbocycles. The second-order valence-electron chi connectivity index (χ2n) is 3.86. The molecule has 0 bridgehead atoms. The van der Waals surface area contributed by atoms with Gasteiger partial charge in [0.2, 0.25) is 5.91 Å². The molecule has 0 spiro atoms. The van der Waals surface area contributed by atoms with Crippen LogP contribution in [0.25, 0.3) is 0 Å². The van der Waals surface area contributed by atoms with Crippen molar-refractivity contribution in [2.45, 2.75) is 19.3 Å². The zero-order valence-electron chi connectivity index (χ0n) is 9.28. The molecule has 1 amide bonds. The fourth-order valence-corrected chi connectivity index (χ4v) is 1.98. The van der Waals surface area contributed by atoms with E-state index in [1.807, 2.05) is 4.90 Å². The minimum atomic E-state index is 0. The first-order valence-corrected chi connectivity index (χ1v) is 5.24. The van der Waals surface area contributed by atoms with Crippen molar-refractivity contribution in [3.05, 3.63) is 0 Å². The fourth-order valence-electron chi connectivity index (χ4n) is 1.98. The van der Waals surface area contributed by atoms with Gasteiger partial charge >= 0.3 is 0 Å². The monoisotopic (exact) mass is 236 g/mol. The summed E-state index contributed by atoms with van der Waals surface area (Å²) >= 11 is 0. The number of carbonyl (C=O) groups excluding carboxylic acids is 1. The molecule has 1 saturated heterocycles. The van der Waals surface area contributed by atoms with Crippen LogP contribution in [0.5, 0.6) is 0 Å². The molecule has 4 nitrogen and oxygen atoms in total. The maximum Gasteiger partial charge on any atom is 0.248 e. The average Bonchev–Trinajstić information content (AvgIpc) is 2.19. The lowest BCUT2D eigenvalue weighted by molar-refractivity contribution is -0.137. The van der Waals surface area contributed by atoms with Gasteiger partial charge < -0.3 is 15.4 Å². The predicted octanol–water partition coefficient (Wildman–Crippen LogP) is 0.642. The van der Waals surface area contributed by atoms with E-state index < -0.39 is 0 Å². The number of nitrogens with zero attached hydrogens (tertiary/aromatic N) is 1. The Bertz CT molecular complexity index is 188. The highest BCUT2D eigenvalue weighted by molar-refractivity contribution is 5.85. The van der Waals surface area contributed by atoms with Crippen molar-refractivity contribution in [2.24, 2.45) is 11.7 Å². The number of nitrogens with two attached hydrogens (primary N) is 1. The van der Waals surface area contributed by atoms with Crippen LogP contribution in [0.15, 0.2) is 0 Å². The van der Waals surface area contributed by atoms with Gasteiger partial charge in [-0.05, 0) is 31.7 Å². The normalized spacial score (nSPS) is 20.9. The minimum absolute atomic E-state index is 0. The van der Waals surface area contributed by atoms with E-state index >= 15 is 0 Å². The molecular weight excluding hydrogens is 216 g/mol. The lowest BCUT2D eigenvalue weighted by atomic mass is 9.95. The number of halogens is 1. The van der Waals surface area contributed by atoms with Crippen molar-refractivity contribution in [3.8, 4) is 0 Å². The summed E-state index contributed by atoms with van der Waals surface area (Å²) in [6.07, 6.45) is 3.32. The first-order valence-electron chi connectivity index (χ1n) is 5.24. The molecule has 1 heterocycles. The Morgan fingerprint density at radius 2 is 2.33 bits per heavy atom. The summed E-state index contributed by atoms with van der Waals surface area (Å²) in [6, 6.07) is 0. The molecule has 90 valence electrons. The van der Waals surface area contributed by atoms with Gasteiger partial charge in [-0.3, -0.25) is 4.79 Å². The van der Waals surface area contributed by atoms with Crippen molar-refractivity contribution in [2.75, 3.05) is 33.4 Å². The fraction of sp³-hybridized carbons (Fsp3) is 0.900. The van der Waals surface area contributed by atoms with Gasteiger partial charge in [0.1, 0.15) is 6.61 Å². The Hall–Kier alpha value is -0.320. The smallest absolute Gasteiger partial charge is 0.248 e. The summed E-state index contributed by atoms with van der Waals surface area (Å²) in [5, 5.41) is 0. The van der Waals surface area contributed by atoms with E-state index in [0.717, 1.165) is 32.5 Å². The van der Waals surface area contributed by atoms with Crippen molar-refractivity contribution in [1.29, 1.82) is 0 Å². The Labute approximate surface area is 97.5 Å². The molecule has 1 aliphatic heterocycles. The van der Waals surface area contributed by atoms with E-state index in [1.165, 1.54) is 6.42 Å². The van der Waals surface area contributed by atoms with Gasteiger partial charge in [0.25, 0.3) is 0 Å². The quantitative estimate of drug-likeness (QED) is 0.780. The third kappa shape index (κ3) is 4.82. The van der Waals surface area contributed by atoms with Gasteiger partial charge in [0.05, 0.1) is 0 Å². The third-order valence-corrected chi connectivity index (χ3v) is 2.71. The second-order valence-corrected chi connectivity index (χ2v) is 3.86. The molecule has 1 unspecified atom stereocenters. The number of ether oxygens (including phenoxy) is 1. The van der Waals surface area contributed by atoms with E-state index in [1.54, 1.807) is 7.11 Å². The number of piperidine rings is 1. The van der Waals surface area contributed by atoms with Gasteiger partial charge in [-0.15, -0.1) is 12.4 Å². The molecule has 0 aromatic heterocycles. The van der Waals surface area contributed by atoms with Crippen LogP contribution in [0.2, 0.25) is 0 Å². The van der Waals surface area contributed by atoms with Crippen LogP contribution in [-0.4, -0.2) is 44.2 Å². The summed E-state index contributed by atoms with van der Waals surface area (Å²) in [5.74, 6) is 0.698. The van der Waals surface area contributed by atoms with Crippen LogP contribution in [-0.2, 0) is 9.53 Å². The standard InChI is InChI=1S/C10H20N2O2.ClH/c1-14-8-10(13)12-6-2-3-9(7-12)4-5-11;/h9H,2-8,11H2,1H3;1H. The van der Waals surface area contributed by atoms with E-state index in [4.69, 9.17) is 10.5 Å². The van der Waals surface area contributed by atoms with Crippen molar-refractivity contribution >= 4 is 18.3 Å². The van der Waals surface area contributed by atoms with Crippen LogP contribution in [0.3, 0.4) is 0 Å². The lowest BCUT2D eigenvalue weighted by Crippen LogP contribution is -2.42. The van der Waals surface area contributed by atoms with Crippen LogP contribution < -0.4 is 5.73 Å².